The number of morpholine rings is 1. The minimum atomic E-state index is -0.632. The number of rotatable bonds is 4. The Morgan fingerprint density at radius 3 is 2.57 bits per heavy atom. The van der Waals surface area contributed by atoms with Gasteiger partial charge >= 0.3 is 6.03 Å². The van der Waals surface area contributed by atoms with Crippen LogP contribution in [0.5, 0.6) is 5.75 Å². The Bertz CT molecular complexity index is 918. The van der Waals surface area contributed by atoms with E-state index < -0.39 is 12.1 Å². The van der Waals surface area contributed by atoms with Gasteiger partial charge in [0.15, 0.2) is 5.78 Å². The zero-order valence-corrected chi connectivity index (χ0v) is 15.2. The molecule has 0 radical (unpaired) electrons. The van der Waals surface area contributed by atoms with Gasteiger partial charge in [-0.2, -0.15) is 0 Å². The van der Waals surface area contributed by atoms with Crippen molar-refractivity contribution in [2.75, 3.05) is 31.2 Å². The van der Waals surface area contributed by atoms with Crippen LogP contribution in [0.15, 0.2) is 60.3 Å². The van der Waals surface area contributed by atoms with Crippen LogP contribution in [0.25, 0.3) is 0 Å². The summed E-state index contributed by atoms with van der Waals surface area (Å²) < 4.78 is 5.37. The van der Waals surface area contributed by atoms with Gasteiger partial charge in [-0.25, -0.2) is 4.79 Å². The van der Waals surface area contributed by atoms with Crippen LogP contribution in [0, 0.1) is 0 Å². The van der Waals surface area contributed by atoms with Crippen molar-refractivity contribution in [2.24, 2.45) is 0 Å². The van der Waals surface area contributed by atoms with Gasteiger partial charge in [-0.3, -0.25) is 4.79 Å². The summed E-state index contributed by atoms with van der Waals surface area (Å²) in [6.07, 6.45) is 1.44. The Hall–Kier alpha value is -3.32. The summed E-state index contributed by atoms with van der Waals surface area (Å²) in [5, 5.41) is 15.1. The number of phenolic OH excluding ortho intramolecular Hbond substituents is 1. The number of urea groups is 1. The number of nitrogens with one attached hydrogen (secondary N) is 2. The van der Waals surface area contributed by atoms with Gasteiger partial charge in [0.05, 0.1) is 19.3 Å². The molecule has 2 aliphatic heterocycles. The van der Waals surface area contributed by atoms with Crippen molar-refractivity contribution < 1.29 is 19.4 Å². The van der Waals surface area contributed by atoms with Crippen LogP contribution in [-0.2, 0) is 4.74 Å². The Labute approximate surface area is 162 Å². The number of nitrogens with zero attached hydrogens (tertiary/aromatic N) is 1. The molecule has 0 spiro atoms. The largest absolute Gasteiger partial charge is 0.508 e. The molecule has 3 N–H and O–H groups in total. The highest BCUT2D eigenvalue weighted by molar-refractivity contribution is 6.10. The third-order valence-corrected chi connectivity index (χ3v) is 4.92. The van der Waals surface area contributed by atoms with Crippen molar-refractivity contribution >= 4 is 17.5 Å². The van der Waals surface area contributed by atoms with E-state index in [0.29, 0.717) is 29.9 Å². The number of amides is 2. The monoisotopic (exact) mass is 379 g/mol. The van der Waals surface area contributed by atoms with Gasteiger partial charge < -0.3 is 25.4 Å². The van der Waals surface area contributed by atoms with E-state index in [0.717, 1.165) is 18.8 Å². The molecule has 1 saturated heterocycles. The average Bonchev–Trinajstić information content (AvgIpc) is 2.74. The van der Waals surface area contributed by atoms with Gasteiger partial charge in [-0.1, -0.05) is 12.1 Å². The minimum Gasteiger partial charge on any atom is -0.508 e. The fourth-order valence-corrected chi connectivity index (χ4v) is 3.45. The standard InChI is InChI=1S/C21H21N3O4/c25-17-3-1-2-15(12-17)19-18(13-22-21(27)23-19)20(26)14-4-6-16(7-5-14)24-8-10-28-11-9-24/h1-7,12-13,19,25H,8-11H2,(H2,22,23,27). The quantitative estimate of drug-likeness (QED) is 0.710. The van der Waals surface area contributed by atoms with E-state index >= 15 is 0 Å². The van der Waals surface area contributed by atoms with Crippen molar-refractivity contribution in [1.82, 2.24) is 10.6 Å². The summed E-state index contributed by atoms with van der Waals surface area (Å²) in [5.74, 6) is -0.110. The van der Waals surface area contributed by atoms with Crippen molar-refractivity contribution in [3.8, 4) is 5.75 Å². The van der Waals surface area contributed by atoms with Gasteiger partial charge in [0.1, 0.15) is 5.75 Å². The van der Waals surface area contributed by atoms with E-state index in [-0.39, 0.29) is 11.5 Å². The van der Waals surface area contributed by atoms with Crippen LogP contribution < -0.4 is 15.5 Å². The second kappa shape index (κ2) is 7.74. The number of hydrogen-bond acceptors (Lipinski definition) is 5. The zero-order valence-electron chi connectivity index (χ0n) is 15.2. The Kier molecular flexibility index (Phi) is 4.99. The first kappa shape index (κ1) is 18.1. The Morgan fingerprint density at radius 1 is 1.11 bits per heavy atom. The van der Waals surface area contributed by atoms with E-state index in [4.69, 9.17) is 4.74 Å². The van der Waals surface area contributed by atoms with Crippen LogP contribution in [0.3, 0.4) is 0 Å². The lowest BCUT2D eigenvalue weighted by Crippen LogP contribution is -2.42. The van der Waals surface area contributed by atoms with E-state index in [1.165, 1.54) is 6.20 Å². The SMILES string of the molecule is O=C1NC=C(C(=O)c2ccc(N3CCOCC3)cc2)C(c2cccc(O)c2)N1. The number of ether oxygens (including phenoxy) is 1. The number of carbonyl (C=O) groups is 2. The molecule has 1 atom stereocenters. The number of hydrogen-bond donors (Lipinski definition) is 3. The van der Waals surface area contributed by atoms with Gasteiger partial charge in [-0.15, -0.1) is 0 Å². The maximum absolute atomic E-state index is 13.1. The first-order chi connectivity index (χ1) is 13.6. The Balaban J connectivity index is 1.59. The normalized spacial score (nSPS) is 19.4. The molecule has 2 amide bonds. The lowest BCUT2D eigenvalue weighted by atomic mass is 9.91. The molecule has 4 rings (SSSR count). The fraction of sp³-hybridized carbons (Fsp3) is 0.238. The summed E-state index contributed by atoms with van der Waals surface area (Å²) >= 11 is 0. The summed E-state index contributed by atoms with van der Waals surface area (Å²) in [4.78, 5) is 27.1. The number of carbonyl (C=O) groups excluding carboxylic acids is 2. The molecule has 0 saturated carbocycles. The van der Waals surface area contributed by atoms with Gasteiger partial charge in [0, 0.05) is 36.1 Å². The number of phenols is 1. The predicted octanol–water partition coefficient (Wildman–Crippen LogP) is 2.35. The molecule has 2 heterocycles. The molecule has 1 unspecified atom stereocenters. The van der Waals surface area contributed by atoms with E-state index in [1.807, 2.05) is 12.1 Å². The summed E-state index contributed by atoms with van der Waals surface area (Å²) in [7, 11) is 0. The maximum Gasteiger partial charge on any atom is 0.319 e. The topological polar surface area (TPSA) is 90.9 Å². The van der Waals surface area contributed by atoms with Gasteiger partial charge in [0.25, 0.3) is 0 Å². The summed E-state index contributed by atoms with van der Waals surface area (Å²) in [6, 6.07) is 12.9. The molecule has 2 aromatic carbocycles. The van der Waals surface area contributed by atoms with Crippen LogP contribution in [0.4, 0.5) is 10.5 Å². The maximum atomic E-state index is 13.1. The predicted molar refractivity (Wildman–Crippen MR) is 104 cm³/mol. The van der Waals surface area contributed by atoms with Gasteiger partial charge in [-0.05, 0) is 42.0 Å². The molecule has 28 heavy (non-hydrogen) atoms. The molecular formula is C21H21N3O4. The average molecular weight is 379 g/mol. The lowest BCUT2D eigenvalue weighted by molar-refractivity contribution is 0.102. The second-order valence-corrected chi connectivity index (χ2v) is 6.72. The summed E-state index contributed by atoms with van der Waals surface area (Å²) in [5.41, 5.74) is 2.63. The van der Waals surface area contributed by atoms with E-state index in [2.05, 4.69) is 15.5 Å². The first-order valence-corrected chi connectivity index (χ1v) is 9.15. The molecule has 144 valence electrons. The number of aromatic hydroxyl groups is 1. The molecular weight excluding hydrogens is 358 g/mol. The van der Waals surface area contributed by atoms with Crippen molar-refractivity contribution in [3.05, 3.63) is 71.4 Å². The molecule has 0 aliphatic carbocycles. The van der Waals surface area contributed by atoms with E-state index in [1.54, 1.807) is 36.4 Å². The number of Topliss-reactive ketones (excluding diaryl/α,β-unsaturated/α-hetero) is 1. The highest BCUT2D eigenvalue weighted by Gasteiger charge is 2.29. The highest BCUT2D eigenvalue weighted by atomic mass is 16.5. The van der Waals surface area contributed by atoms with Crippen LogP contribution in [0.2, 0.25) is 0 Å². The fourth-order valence-electron chi connectivity index (χ4n) is 3.45. The molecule has 2 aromatic rings. The van der Waals surface area contributed by atoms with Crippen LogP contribution in [0.1, 0.15) is 22.0 Å². The van der Waals surface area contributed by atoms with Gasteiger partial charge in [0.2, 0.25) is 0 Å². The molecule has 1 fully saturated rings. The second-order valence-electron chi connectivity index (χ2n) is 6.72. The molecule has 7 heteroatoms. The van der Waals surface area contributed by atoms with Crippen LogP contribution in [-0.4, -0.2) is 43.2 Å². The van der Waals surface area contributed by atoms with Crippen molar-refractivity contribution in [2.45, 2.75) is 6.04 Å². The third kappa shape index (κ3) is 3.70. The summed E-state index contributed by atoms with van der Waals surface area (Å²) in [6.45, 7) is 3.05. The number of anilines is 1. The molecule has 7 nitrogen and oxygen atoms in total. The minimum absolute atomic E-state index is 0.0759. The molecule has 0 aromatic heterocycles. The van der Waals surface area contributed by atoms with Crippen molar-refractivity contribution in [3.63, 3.8) is 0 Å². The Morgan fingerprint density at radius 2 is 1.86 bits per heavy atom. The highest BCUT2D eigenvalue weighted by Crippen LogP contribution is 2.29. The molecule has 2 aliphatic rings. The number of benzene rings is 2. The molecule has 0 bridgehead atoms. The third-order valence-electron chi connectivity index (χ3n) is 4.92. The number of ketones is 1. The van der Waals surface area contributed by atoms with Crippen molar-refractivity contribution in [1.29, 1.82) is 0 Å². The zero-order chi connectivity index (χ0) is 19.5. The lowest BCUT2D eigenvalue weighted by Gasteiger charge is -2.29. The smallest absolute Gasteiger partial charge is 0.319 e. The van der Waals surface area contributed by atoms with E-state index in [9.17, 15) is 14.7 Å². The van der Waals surface area contributed by atoms with Crippen LogP contribution >= 0.6 is 0 Å². The first-order valence-electron chi connectivity index (χ1n) is 9.15.